The maximum atomic E-state index is 8.96. The minimum Gasteiger partial charge on any atom is -0.396 e. The summed E-state index contributed by atoms with van der Waals surface area (Å²) in [5.74, 6) is 1.25. The number of nitrogens with zero attached hydrogens (tertiary/aromatic N) is 4. The van der Waals surface area contributed by atoms with Gasteiger partial charge in [-0.25, -0.2) is 4.98 Å². The fourth-order valence-electron chi connectivity index (χ4n) is 2.44. The standard InChI is InChI=1S/C13H16N4O/c18-8-6-10-5-7-17(9-10)13-14-11-3-1-2-4-12(11)15-16-13/h1-4,10,18H,5-9H2. The third-order valence-electron chi connectivity index (χ3n) is 3.46. The zero-order valence-corrected chi connectivity index (χ0v) is 10.2. The molecule has 1 aliphatic heterocycles. The Morgan fingerprint density at radius 2 is 2.06 bits per heavy atom. The molecule has 1 unspecified atom stereocenters. The summed E-state index contributed by atoms with van der Waals surface area (Å²) in [7, 11) is 0. The summed E-state index contributed by atoms with van der Waals surface area (Å²) in [6, 6.07) is 7.76. The van der Waals surface area contributed by atoms with Gasteiger partial charge in [-0.15, -0.1) is 10.2 Å². The van der Waals surface area contributed by atoms with Crippen LogP contribution in [-0.2, 0) is 0 Å². The van der Waals surface area contributed by atoms with E-state index in [0.717, 1.165) is 37.0 Å². The van der Waals surface area contributed by atoms with Crippen molar-refractivity contribution in [3.8, 4) is 0 Å². The van der Waals surface area contributed by atoms with Crippen molar-refractivity contribution in [1.82, 2.24) is 15.2 Å². The molecule has 5 heteroatoms. The SMILES string of the molecule is OCCC1CCN(c2nnc3ccccc3n2)C1. The molecule has 18 heavy (non-hydrogen) atoms. The quantitative estimate of drug-likeness (QED) is 0.880. The van der Waals surface area contributed by atoms with Crippen LogP contribution in [-0.4, -0.2) is 40.0 Å². The summed E-state index contributed by atoms with van der Waals surface area (Å²) in [4.78, 5) is 6.69. The topological polar surface area (TPSA) is 62.1 Å². The van der Waals surface area contributed by atoms with Gasteiger partial charge >= 0.3 is 0 Å². The summed E-state index contributed by atoms with van der Waals surface area (Å²) in [6.07, 6.45) is 1.95. The molecule has 0 aliphatic carbocycles. The molecule has 1 aliphatic rings. The smallest absolute Gasteiger partial charge is 0.245 e. The van der Waals surface area contributed by atoms with Crippen molar-refractivity contribution in [2.24, 2.45) is 5.92 Å². The predicted molar refractivity (Wildman–Crippen MR) is 69.4 cm³/mol. The molecule has 1 aromatic heterocycles. The lowest BCUT2D eigenvalue weighted by atomic mass is 10.1. The molecule has 3 rings (SSSR count). The molecule has 94 valence electrons. The molecular weight excluding hydrogens is 228 g/mol. The molecule has 0 spiro atoms. The molecule has 5 nitrogen and oxygen atoms in total. The Bertz CT molecular complexity index is 545. The fraction of sp³-hybridized carbons (Fsp3) is 0.462. The van der Waals surface area contributed by atoms with Gasteiger partial charge in [0.1, 0.15) is 5.52 Å². The Morgan fingerprint density at radius 3 is 2.89 bits per heavy atom. The van der Waals surface area contributed by atoms with Crippen LogP contribution >= 0.6 is 0 Å². The van der Waals surface area contributed by atoms with Gasteiger partial charge in [0.25, 0.3) is 0 Å². The van der Waals surface area contributed by atoms with Gasteiger partial charge in [-0.2, -0.15) is 0 Å². The van der Waals surface area contributed by atoms with E-state index in [9.17, 15) is 0 Å². The molecule has 1 saturated heterocycles. The van der Waals surface area contributed by atoms with Crippen LogP contribution in [0.25, 0.3) is 11.0 Å². The van der Waals surface area contributed by atoms with E-state index in [-0.39, 0.29) is 6.61 Å². The van der Waals surface area contributed by atoms with Gasteiger partial charge in [0.2, 0.25) is 5.95 Å². The molecule has 1 N–H and O–H groups in total. The van der Waals surface area contributed by atoms with E-state index in [4.69, 9.17) is 5.11 Å². The Labute approximate surface area is 105 Å². The third-order valence-corrected chi connectivity index (χ3v) is 3.46. The van der Waals surface area contributed by atoms with E-state index in [0.29, 0.717) is 11.9 Å². The Kier molecular flexibility index (Phi) is 3.06. The molecular formula is C13H16N4O. The van der Waals surface area contributed by atoms with E-state index in [1.807, 2.05) is 24.3 Å². The zero-order chi connectivity index (χ0) is 12.4. The molecule has 1 fully saturated rings. The normalized spacial score (nSPS) is 19.6. The summed E-state index contributed by atoms with van der Waals surface area (Å²) >= 11 is 0. The fourth-order valence-corrected chi connectivity index (χ4v) is 2.44. The van der Waals surface area contributed by atoms with E-state index in [1.165, 1.54) is 0 Å². The molecule has 0 bridgehead atoms. The number of hydrogen-bond acceptors (Lipinski definition) is 5. The second-order valence-electron chi connectivity index (χ2n) is 4.71. The van der Waals surface area contributed by atoms with Crippen molar-refractivity contribution in [3.63, 3.8) is 0 Å². The van der Waals surface area contributed by atoms with Gasteiger partial charge in [-0.1, -0.05) is 12.1 Å². The van der Waals surface area contributed by atoms with Gasteiger partial charge in [0, 0.05) is 19.7 Å². The average Bonchev–Trinajstić information content (AvgIpc) is 2.87. The summed E-state index contributed by atoms with van der Waals surface area (Å²) in [5.41, 5.74) is 1.71. The number of fused-ring (bicyclic) bond motifs is 1. The number of anilines is 1. The van der Waals surface area contributed by atoms with Gasteiger partial charge in [-0.05, 0) is 30.9 Å². The average molecular weight is 244 g/mol. The Morgan fingerprint density at radius 1 is 1.22 bits per heavy atom. The van der Waals surface area contributed by atoms with Gasteiger partial charge < -0.3 is 10.0 Å². The van der Waals surface area contributed by atoms with E-state index < -0.39 is 0 Å². The summed E-state index contributed by atoms with van der Waals surface area (Å²) in [5, 5.41) is 17.3. The minimum atomic E-state index is 0.259. The van der Waals surface area contributed by atoms with Crippen LogP contribution in [0.2, 0.25) is 0 Å². The van der Waals surface area contributed by atoms with Crippen molar-refractivity contribution in [2.45, 2.75) is 12.8 Å². The highest BCUT2D eigenvalue weighted by molar-refractivity contribution is 5.74. The van der Waals surface area contributed by atoms with Gasteiger partial charge in [0.05, 0.1) is 5.52 Å². The van der Waals surface area contributed by atoms with Gasteiger partial charge in [-0.3, -0.25) is 0 Å². The summed E-state index contributed by atoms with van der Waals surface area (Å²) in [6.45, 7) is 2.13. The first-order valence-corrected chi connectivity index (χ1v) is 6.32. The van der Waals surface area contributed by atoms with Crippen molar-refractivity contribution in [2.75, 3.05) is 24.6 Å². The van der Waals surface area contributed by atoms with Crippen molar-refractivity contribution < 1.29 is 5.11 Å². The molecule has 2 aromatic rings. The number of aromatic nitrogens is 3. The monoisotopic (exact) mass is 244 g/mol. The third kappa shape index (κ3) is 2.13. The lowest BCUT2D eigenvalue weighted by Crippen LogP contribution is -2.22. The Balaban J connectivity index is 1.82. The van der Waals surface area contributed by atoms with E-state index >= 15 is 0 Å². The molecule has 0 amide bonds. The number of para-hydroxylation sites is 1. The van der Waals surface area contributed by atoms with Crippen LogP contribution in [0.15, 0.2) is 24.3 Å². The largest absolute Gasteiger partial charge is 0.396 e. The van der Waals surface area contributed by atoms with Crippen LogP contribution in [0.3, 0.4) is 0 Å². The number of rotatable bonds is 3. The predicted octanol–water partition coefficient (Wildman–Crippen LogP) is 1.23. The van der Waals surface area contributed by atoms with Crippen molar-refractivity contribution >= 4 is 17.0 Å². The summed E-state index contributed by atoms with van der Waals surface area (Å²) < 4.78 is 0. The first-order valence-electron chi connectivity index (χ1n) is 6.32. The van der Waals surface area contributed by atoms with Gasteiger partial charge in [0.15, 0.2) is 0 Å². The van der Waals surface area contributed by atoms with Crippen LogP contribution in [0.1, 0.15) is 12.8 Å². The highest BCUT2D eigenvalue weighted by Crippen LogP contribution is 2.23. The Hall–Kier alpha value is -1.75. The number of aliphatic hydroxyl groups excluding tert-OH is 1. The first-order chi connectivity index (χ1) is 8.86. The van der Waals surface area contributed by atoms with Crippen LogP contribution in [0, 0.1) is 5.92 Å². The maximum absolute atomic E-state index is 8.96. The molecule has 2 heterocycles. The van der Waals surface area contributed by atoms with Crippen LogP contribution < -0.4 is 4.90 Å². The van der Waals surface area contributed by atoms with Crippen LogP contribution in [0.5, 0.6) is 0 Å². The van der Waals surface area contributed by atoms with Crippen molar-refractivity contribution in [3.05, 3.63) is 24.3 Å². The number of aliphatic hydroxyl groups is 1. The molecule has 0 saturated carbocycles. The highest BCUT2D eigenvalue weighted by Gasteiger charge is 2.24. The lowest BCUT2D eigenvalue weighted by molar-refractivity contribution is 0.263. The molecule has 0 radical (unpaired) electrons. The minimum absolute atomic E-state index is 0.259. The molecule has 1 atom stereocenters. The highest BCUT2D eigenvalue weighted by atomic mass is 16.3. The second kappa shape index (κ2) is 4.86. The van der Waals surface area contributed by atoms with E-state index in [1.54, 1.807) is 0 Å². The zero-order valence-electron chi connectivity index (χ0n) is 10.2. The first kappa shape index (κ1) is 11.3. The number of benzene rings is 1. The second-order valence-corrected chi connectivity index (χ2v) is 4.71. The maximum Gasteiger partial charge on any atom is 0.245 e. The van der Waals surface area contributed by atoms with Crippen LogP contribution in [0.4, 0.5) is 5.95 Å². The van der Waals surface area contributed by atoms with E-state index in [2.05, 4.69) is 20.1 Å². The number of hydrogen-bond donors (Lipinski definition) is 1. The molecule has 1 aromatic carbocycles. The lowest BCUT2D eigenvalue weighted by Gasteiger charge is -2.15. The van der Waals surface area contributed by atoms with Crippen molar-refractivity contribution in [1.29, 1.82) is 0 Å².